The zero-order chi connectivity index (χ0) is 11.4. The fourth-order valence-electron chi connectivity index (χ4n) is 1.62. The number of nitrogens with one attached hydrogen (secondary N) is 2. The molecule has 0 spiro atoms. The molecule has 1 aromatic heterocycles. The lowest BCUT2D eigenvalue weighted by Gasteiger charge is -2.05. The molecule has 2 rings (SSSR count). The van der Waals surface area contributed by atoms with Gasteiger partial charge in [-0.1, -0.05) is 19.1 Å². The van der Waals surface area contributed by atoms with Crippen molar-refractivity contribution >= 4 is 5.69 Å². The first-order chi connectivity index (χ1) is 7.78. The number of hydrogen-bond acceptors (Lipinski definition) is 2. The molecule has 2 aromatic rings. The van der Waals surface area contributed by atoms with Gasteiger partial charge in [0.05, 0.1) is 18.4 Å². The molecular formula is C13H17N3. The molecule has 0 saturated heterocycles. The highest BCUT2D eigenvalue weighted by molar-refractivity contribution is 5.44. The third-order valence-electron chi connectivity index (χ3n) is 2.60. The molecule has 0 amide bonds. The van der Waals surface area contributed by atoms with E-state index < -0.39 is 0 Å². The van der Waals surface area contributed by atoms with Crippen molar-refractivity contribution in [1.29, 1.82) is 0 Å². The fraction of sp³-hybridized carbons (Fsp3) is 0.308. The van der Waals surface area contributed by atoms with E-state index in [9.17, 15) is 0 Å². The minimum atomic E-state index is 0.784. The van der Waals surface area contributed by atoms with Gasteiger partial charge in [-0.15, -0.1) is 0 Å². The topological polar surface area (TPSA) is 40.7 Å². The van der Waals surface area contributed by atoms with Gasteiger partial charge in [0.15, 0.2) is 0 Å². The first-order valence-electron chi connectivity index (χ1n) is 5.61. The molecule has 0 saturated carbocycles. The number of aryl methyl sites for hydroxylation is 2. The van der Waals surface area contributed by atoms with Crippen LogP contribution in [-0.4, -0.2) is 9.97 Å². The van der Waals surface area contributed by atoms with Crippen LogP contribution in [-0.2, 0) is 13.0 Å². The van der Waals surface area contributed by atoms with Gasteiger partial charge in [-0.25, -0.2) is 4.98 Å². The van der Waals surface area contributed by atoms with Crippen LogP contribution < -0.4 is 5.32 Å². The van der Waals surface area contributed by atoms with Gasteiger partial charge in [-0.05, 0) is 31.0 Å². The predicted molar refractivity (Wildman–Crippen MR) is 66.5 cm³/mol. The first kappa shape index (κ1) is 10.7. The van der Waals surface area contributed by atoms with Crippen molar-refractivity contribution in [2.45, 2.75) is 26.8 Å². The van der Waals surface area contributed by atoms with E-state index in [1.807, 2.05) is 13.1 Å². The molecule has 16 heavy (non-hydrogen) atoms. The van der Waals surface area contributed by atoms with Crippen molar-refractivity contribution in [1.82, 2.24) is 9.97 Å². The Hall–Kier alpha value is -1.77. The summed E-state index contributed by atoms with van der Waals surface area (Å²) in [6.07, 6.45) is 2.95. The Kier molecular flexibility index (Phi) is 3.25. The van der Waals surface area contributed by atoms with Crippen LogP contribution in [0, 0.1) is 6.92 Å². The summed E-state index contributed by atoms with van der Waals surface area (Å²) >= 11 is 0. The van der Waals surface area contributed by atoms with E-state index in [1.165, 1.54) is 5.56 Å². The number of anilines is 1. The summed E-state index contributed by atoms with van der Waals surface area (Å²) in [7, 11) is 0. The Labute approximate surface area is 95.9 Å². The molecule has 0 aliphatic carbocycles. The van der Waals surface area contributed by atoms with E-state index in [2.05, 4.69) is 46.5 Å². The summed E-state index contributed by atoms with van der Waals surface area (Å²) in [5.41, 5.74) is 3.62. The van der Waals surface area contributed by atoms with Gasteiger partial charge in [0.25, 0.3) is 0 Å². The van der Waals surface area contributed by atoms with E-state index >= 15 is 0 Å². The molecule has 0 radical (unpaired) electrons. The fourth-order valence-corrected chi connectivity index (χ4v) is 1.62. The number of aromatic nitrogens is 2. The molecule has 0 unspecified atom stereocenters. The third-order valence-corrected chi connectivity index (χ3v) is 2.60. The van der Waals surface area contributed by atoms with Crippen LogP contribution in [0.15, 0.2) is 30.5 Å². The van der Waals surface area contributed by atoms with Crippen molar-refractivity contribution in [3.63, 3.8) is 0 Å². The van der Waals surface area contributed by atoms with Gasteiger partial charge in [-0.2, -0.15) is 0 Å². The van der Waals surface area contributed by atoms with E-state index in [4.69, 9.17) is 0 Å². The Morgan fingerprint density at radius 1 is 1.25 bits per heavy atom. The van der Waals surface area contributed by atoms with E-state index in [-0.39, 0.29) is 0 Å². The SMILES string of the molecule is CCc1ccc(NCc2cnc(C)[nH]2)cc1. The number of rotatable bonds is 4. The minimum absolute atomic E-state index is 0.784. The summed E-state index contributed by atoms with van der Waals surface area (Å²) in [5.74, 6) is 0.957. The molecule has 0 bridgehead atoms. The summed E-state index contributed by atoms with van der Waals surface area (Å²) in [4.78, 5) is 7.36. The number of aromatic amines is 1. The normalized spacial score (nSPS) is 10.4. The summed E-state index contributed by atoms with van der Waals surface area (Å²) in [6.45, 7) is 4.90. The maximum atomic E-state index is 4.16. The van der Waals surface area contributed by atoms with Crippen LogP contribution in [0.1, 0.15) is 24.0 Å². The van der Waals surface area contributed by atoms with Crippen LogP contribution in [0.4, 0.5) is 5.69 Å². The smallest absolute Gasteiger partial charge is 0.103 e. The highest BCUT2D eigenvalue weighted by Gasteiger charge is 1.97. The second kappa shape index (κ2) is 4.84. The summed E-state index contributed by atoms with van der Waals surface area (Å²) in [5, 5.41) is 3.35. The van der Waals surface area contributed by atoms with Crippen molar-refractivity contribution in [3.05, 3.63) is 47.5 Å². The van der Waals surface area contributed by atoms with E-state index in [1.54, 1.807) is 0 Å². The molecular weight excluding hydrogens is 198 g/mol. The van der Waals surface area contributed by atoms with E-state index in [0.717, 1.165) is 30.2 Å². The zero-order valence-corrected chi connectivity index (χ0v) is 9.75. The number of H-pyrrole nitrogens is 1. The Balaban J connectivity index is 1.94. The quantitative estimate of drug-likeness (QED) is 0.823. The molecule has 0 aliphatic heterocycles. The van der Waals surface area contributed by atoms with Crippen molar-refractivity contribution in [2.75, 3.05) is 5.32 Å². The molecule has 0 fully saturated rings. The van der Waals surface area contributed by atoms with Crippen LogP contribution in [0.5, 0.6) is 0 Å². The average molecular weight is 215 g/mol. The molecule has 1 heterocycles. The maximum absolute atomic E-state index is 4.16. The average Bonchev–Trinajstić information content (AvgIpc) is 2.73. The molecule has 1 aromatic carbocycles. The summed E-state index contributed by atoms with van der Waals surface area (Å²) in [6, 6.07) is 8.53. The number of nitrogens with zero attached hydrogens (tertiary/aromatic N) is 1. The number of benzene rings is 1. The standard InChI is InChI=1S/C13H17N3/c1-3-11-4-6-12(7-5-11)15-9-13-8-14-10(2)16-13/h4-8,15H,3,9H2,1-2H3,(H,14,16). The number of hydrogen-bond donors (Lipinski definition) is 2. The van der Waals surface area contributed by atoms with Gasteiger partial charge in [0, 0.05) is 5.69 Å². The minimum Gasteiger partial charge on any atom is -0.379 e. The molecule has 2 N–H and O–H groups in total. The molecule has 0 aliphatic rings. The lowest BCUT2D eigenvalue weighted by atomic mass is 10.1. The monoisotopic (exact) mass is 215 g/mol. The largest absolute Gasteiger partial charge is 0.379 e. The summed E-state index contributed by atoms with van der Waals surface area (Å²) < 4.78 is 0. The maximum Gasteiger partial charge on any atom is 0.103 e. The highest BCUT2D eigenvalue weighted by atomic mass is 15.0. The van der Waals surface area contributed by atoms with Crippen molar-refractivity contribution in [3.8, 4) is 0 Å². The van der Waals surface area contributed by atoms with Crippen molar-refractivity contribution in [2.24, 2.45) is 0 Å². The van der Waals surface area contributed by atoms with Gasteiger partial charge in [0.1, 0.15) is 5.82 Å². The highest BCUT2D eigenvalue weighted by Crippen LogP contribution is 2.11. The Morgan fingerprint density at radius 2 is 2.00 bits per heavy atom. The zero-order valence-electron chi connectivity index (χ0n) is 9.75. The lowest BCUT2D eigenvalue weighted by molar-refractivity contribution is 1.05. The van der Waals surface area contributed by atoms with Crippen LogP contribution in [0.25, 0.3) is 0 Å². The van der Waals surface area contributed by atoms with Gasteiger partial charge >= 0.3 is 0 Å². The van der Waals surface area contributed by atoms with E-state index in [0.29, 0.717) is 0 Å². The molecule has 3 heteroatoms. The Bertz CT molecular complexity index is 442. The second-order valence-electron chi connectivity index (χ2n) is 3.90. The predicted octanol–water partition coefficient (Wildman–Crippen LogP) is 2.89. The van der Waals surface area contributed by atoms with Crippen LogP contribution in [0.3, 0.4) is 0 Å². The van der Waals surface area contributed by atoms with Gasteiger partial charge in [0.2, 0.25) is 0 Å². The van der Waals surface area contributed by atoms with Crippen molar-refractivity contribution < 1.29 is 0 Å². The molecule has 3 nitrogen and oxygen atoms in total. The molecule has 84 valence electrons. The Morgan fingerprint density at radius 3 is 2.56 bits per heavy atom. The lowest BCUT2D eigenvalue weighted by Crippen LogP contribution is -1.99. The number of imidazole rings is 1. The van der Waals surface area contributed by atoms with Gasteiger partial charge in [-0.3, -0.25) is 0 Å². The second-order valence-corrected chi connectivity index (χ2v) is 3.90. The van der Waals surface area contributed by atoms with Crippen LogP contribution in [0.2, 0.25) is 0 Å². The van der Waals surface area contributed by atoms with Gasteiger partial charge < -0.3 is 10.3 Å². The first-order valence-corrected chi connectivity index (χ1v) is 5.61. The van der Waals surface area contributed by atoms with Crippen LogP contribution >= 0.6 is 0 Å². The molecule has 0 atom stereocenters. The third kappa shape index (κ3) is 2.63.